The third-order valence-electron chi connectivity index (χ3n) is 8.65. The number of hydrogen-bond acceptors (Lipinski definition) is 6. The fourth-order valence-electron chi connectivity index (χ4n) is 6.73. The highest BCUT2D eigenvalue weighted by Crippen LogP contribution is 2.65. The molecule has 1 spiro atoms. The number of allylic oxidation sites excluding steroid dienone is 1. The van der Waals surface area contributed by atoms with Crippen LogP contribution in [-0.2, 0) is 30.4 Å². The molecule has 3 aliphatic heterocycles. The van der Waals surface area contributed by atoms with Gasteiger partial charge in [0.25, 0.3) is 0 Å². The summed E-state index contributed by atoms with van der Waals surface area (Å²) in [4.78, 5) is 45.1. The Morgan fingerprint density at radius 3 is 2.63 bits per heavy atom. The molecule has 206 valence electrons. The van der Waals surface area contributed by atoms with E-state index >= 15 is 0 Å². The number of ether oxygens (including phenoxy) is 2. The summed E-state index contributed by atoms with van der Waals surface area (Å²) in [6.45, 7) is 13.6. The van der Waals surface area contributed by atoms with Crippen LogP contribution in [-0.4, -0.2) is 75.7 Å². The second-order valence-electron chi connectivity index (χ2n) is 11.1. The molecule has 3 aliphatic rings. The van der Waals surface area contributed by atoms with Crippen molar-refractivity contribution in [2.75, 3.05) is 19.8 Å². The molecular formula is C30H40N2O6. The number of likely N-dealkylation sites (tertiary alicyclic amines) is 1. The van der Waals surface area contributed by atoms with Crippen LogP contribution >= 0.6 is 0 Å². The quantitative estimate of drug-likeness (QED) is 0.256. The molecule has 0 radical (unpaired) electrons. The number of aliphatic hydroxyl groups is 1. The minimum absolute atomic E-state index is 0.0843. The summed E-state index contributed by atoms with van der Waals surface area (Å²) in [7, 11) is 0. The van der Waals surface area contributed by atoms with E-state index < -0.39 is 41.1 Å². The number of aliphatic hydroxyl groups excluding tert-OH is 1. The van der Waals surface area contributed by atoms with Gasteiger partial charge in [-0.15, -0.1) is 13.2 Å². The number of unbranched alkanes of at least 4 members (excludes halogenated alkanes) is 1. The van der Waals surface area contributed by atoms with Crippen molar-refractivity contribution in [1.29, 1.82) is 0 Å². The standard InChI is InChI=1S/C30H40N2O6/c1-6-8-12-16-37-28(36)24-23-26(34)32(21(4)19-33)25(30(23)17-20(3)29(24,5)38-30)27(35)31(15-7-2)18-22-13-10-9-11-14-22/h6-7,9-11,13-14,20-21,23-25,33H,1-2,8,12,15-19H2,3-5H3/t20?,21-,23+,24-,25?,29+,30?/m1/s1. The molecule has 7 atom stereocenters. The maximum Gasteiger partial charge on any atom is 0.312 e. The lowest BCUT2D eigenvalue weighted by atomic mass is 9.62. The molecule has 3 heterocycles. The van der Waals surface area contributed by atoms with Gasteiger partial charge in [-0.3, -0.25) is 14.4 Å². The summed E-state index contributed by atoms with van der Waals surface area (Å²) in [6, 6.07) is 8.01. The van der Waals surface area contributed by atoms with E-state index in [0.717, 1.165) is 5.56 Å². The molecule has 0 aromatic heterocycles. The van der Waals surface area contributed by atoms with E-state index in [1.54, 1.807) is 24.0 Å². The number of fused-ring (bicyclic) bond motifs is 1. The maximum atomic E-state index is 14.4. The Balaban J connectivity index is 1.73. The van der Waals surface area contributed by atoms with Crippen molar-refractivity contribution in [3.05, 3.63) is 61.2 Å². The van der Waals surface area contributed by atoms with Crippen LogP contribution in [0.5, 0.6) is 0 Å². The van der Waals surface area contributed by atoms with Crippen LogP contribution in [0.4, 0.5) is 0 Å². The van der Waals surface area contributed by atoms with Gasteiger partial charge < -0.3 is 24.4 Å². The normalized spacial score (nSPS) is 32.1. The van der Waals surface area contributed by atoms with Crippen LogP contribution in [0.1, 0.15) is 45.6 Å². The molecule has 1 aromatic carbocycles. The first kappa shape index (κ1) is 28.0. The van der Waals surface area contributed by atoms with Gasteiger partial charge in [0.2, 0.25) is 11.8 Å². The fraction of sp³-hybridized carbons (Fsp3) is 0.567. The van der Waals surface area contributed by atoms with E-state index in [1.807, 2.05) is 44.2 Å². The van der Waals surface area contributed by atoms with Gasteiger partial charge in [-0.1, -0.05) is 49.4 Å². The van der Waals surface area contributed by atoms with Crippen molar-refractivity contribution in [2.45, 2.75) is 69.9 Å². The van der Waals surface area contributed by atoms with Gasteiger partial charge in [-0.2, -0.15) is 0 Å². The highest BCUT2D eigenvalue weighted by molar-refractivity contribution is 5.98. The summed E-state index contributed by atoms with van der Waals surface area (Å²) in [5.41, 5.74) is -1.18. The van der Waals surface area contributed by atoms with Crippen LogP contribution in [0.25, 0.3) is 0 Å². The molecule has 2 bridgehead atoms. The number of carbonyl (C=O) groups excluding carboxylic acids is 3. The monoisotopic (exact) mass is 524 g/mol. The molecule has 3 saturated heterocycles. The van der Waals surface area contributed by atoms with Crippen molar-refractivity contribution in [3.63, 3.8) is 0 Å². The molecule has 3 fully saturated rings. The number of nitrogens with zero attached hydrogens (tertiary/aromatic N) is 2. The Labute approximate surface area is 225 Å². The van der Waals surface area contributed by atoms with E-state index in [1.165, 1.54) is 4.90 Å². The first-order valence-corrected chi connectivity index (χ1v) is 13.5. The molecule has 2 amide bonds. The van der Waals surface area contributed by atoms with Gasteiger partial charge >= 0.3 is 5.97 Å². The average Bonchev–Trinajstić information content (AvgIpc) is 3.42. The lowest BCUT2D eigenvalue weighted by Crippen LogP contribution is -2.58. The Bertz CT molecular complexity index is 1080. The molecule has 0 aliphatic carbocycles. The van der Waals surface area contributed by atoms with Crippen molar-refractivity contribution in [3.8, 4) is 0 Å². The van der Waals surface area contributed by atoms with Gasteiger partial charge in [-0.05, 0) is 44.6 Å². The van der Waals surface area contributed by atoms with Crippen LogP contribution < -0.4 is 0 Å². The predicted octanol–water partition coefficient (Wildman–Crippen LogP) is 3.10. The highest BCUT2D eigenvalue weighted by Gasteiger charge is 2.80. The van der Waals surface area contributed by atoms with E-state index in [0.29, 0.717) is 25.8 Å². The molecule has 3 unspecified atom stereocenters. The van der Waals surface area contributed by atoms with Crippen molar-refractivity contribution in [2.24, 2.45) is 17.8 Å². The van der Waals surface area contributed by atoms with E-state index in [2.05, 4.69) is 13.2 Å². The Morgan fingerprint density at radius 2 is 2.00 bits per heavy atom. The molecule has 0 saturated carbocycles. The Hall–Kier alpha value is -2.97. The van der Waals surface area contributed by atoms with Crippen molar-refractivity contribution >= 4 is 17.8 Å². The summed E-state index contributed by atoms with van der Waals surface area (Å²) in [6.07, 6.45) is 5.24. The molecule has 1 N–H and O–H groups in total. The molecular weight excluding hydrogens is 484 g/mol. The van der Waals surface area contributed by atoms with Gasteiger partial charge in [-0.25, -0.2) is 0 Å². The molecule has 8 nitrogen and oxygen atoms in total. The van der Waals surface area contributed by atoms with E-state index in [4.69, 9.17) is 9.47 Å². The molecule has 8 heteroatoms. The second kappa shape index (κ2) is 11.0. The number of carbonyl (C=O) groups is 3. The maximum absolute atomic E-state index is 14.4. The lowest BCUT2D eigenvalue weighted by molar-refractivity contribution is -0.163. The average molecular weight is 525 g/mol. The van der Waals surface area contributed by atoms with Crippen LogP contribution in [0.15, 0.2) is 55.6 Å². The minimum Gasteiger partial charge on any atom is -0.465 e. The Morgan fingerprint density at radius 1 is 1.29 bits per heavy atom. The van der Waals surface area contributed by atoms with Crippen LogP contribution in [0, 0.1) is 17.8 Å². The van der Waals surface area contributed by atoms with E-state index in [-0.39, 0.29) is 37.5 Å². The summed E-state index contributed by atoms with van der Waals surface area (Å²) in [5, 5.41) is 10.1. The largest absolute Gasteiger partial charge is 0.465 e. The predicted molar refractivity (Wildman–Crippen MR) is 143 cm³/mol. The zero-order valence-electron chi connectivity index (χ0n) is 22.7. The SMILES string of the molecule is C=CCCCOC(=O)[C@H]1[C@H]2C(=O)N([C@H](C)CO)C(C(=O)N(CC=C)Cc3ccccc3)C23CC(C)[C@]1(C)O3. The van der Waals surface area contributed by atoms with Crippen molar-refractivity contribution < 1.29 is 29.0 Å². The third kappa shape index (κ3) is 4.47. The number of amides is 2. The van der Waals surface area contributed by atoms with E-state index in [9.17, 15) is 19.5 Å². The fourth-order valence-corrected chi connectivity index (χ4v) is 6.73. The minimum atomic E-state index is -1.19. The highest BCUT2D eigenvalue weighted by atomic mass is 16.6. The van der Waals surface area contributed by atoms with Gasteiger partial charge in [0.1, 0.15) is 17.6 Å². The molecule has 38 heavy (non-hydrogen) atoms. The van der Waals surface area contributed by atoms with Gasteiger partial charge in [0.15, 0.2) is 0 Å². The van der Waals surface area contributed by atoms with Gasteiger partial charge in [0, 0.05) is 13.1 Å². The first-order chi connectivity index (χ1) is 18.2. The number of esters is 1. The number of rotatable bonds is 12. The zero-order valence-corrected chi connectivity index (χ0v) is 22.7. The smallest absolute Gasteiger partial charge is 0.312 e. The number of hydrogen-bond donors (Lipinski definition) is 1. The van der Waals surface area contributed by atoms with Crippen LogP contribution in [0.2, 0.25) is 0 Å². The third-order valence-corrected chi connectivity index (χ3v) is 8.65. The second-order valence-corrected chi connectivity index (χ2v) is 11.1. The summed E-state index contributed by atoms with van der Waals surface area (Å²) >= 11 is 0. The molecule has 4 rings (SSSR count). The lowest BCUT2D eigenvalue weighted by Gasteiger charge is -2.38. The Kier molecular flexibility index (Phi) is 8.14. The van der Waals surface area contributed by atoms with Gasteiger partial charge in [0.05, 0.1) is 30.8 Å². The summed E-state index contributed by atoms with van der Waals surface area (Å²) < 4.78 is 12.4. The molecule has 1 aromatic rings. The van der Waals surface area contributed by atoms with Crippen LogP contribution in [0.3, 0.4) is 0 Å². The zero-order chi connectivity index (χ0) is 27.7. The van der Waals surface area contributed by atoms with Crippen molar-refractivity contribution in [1.82, 2.24) is 9.80 Å². The number of benzene rings is 1. The first-order valence-electron chi connectivity index (χ1n) is 13.5. The summed E-state index contributed by atoms with van der Waals surface area (Å²) in [5.74, 6) is -2.87. The topological polar surface area (TPSA) is 96.4 Å².